The van der Waals surface area contributed by atoms with Crippen LogP contribution in [0.15, 0.2) is 42.0 Å². The molecule has 1 amide bonds. The van der Waals surface area contributed by atoms with E-state index in [1.807, 2.05) is 29.2 Å². The van der Waals surface area contributed by atoms with Crippen molar-refractivity contribution < 1.29 is 4.79 Å². The SMILES string of the molecule is C=C1c2ccccc2C(=O)N1CC(CC)C(=C1CC(C)C(P)CC1C)C(C)(C)C. The van der Waals surface area contributed by atoms with Crippen LogP contribution in [0.1, 0.15) is 76.7 Å². The van der Waals surface area contributed by atoms with Gasteiger partial charge in [0.1, 0.15) is 0 Å². The molecule has 2 nitrogen and oxygen atoms in total. The summed E-state index contributed by atoms with van der Waals surface area (Å²) in [5, 5.41) is 0. The molecule has 5 atom stereocenters. The van der Waals surface area contributed by atoms with Gasteiger partial charge < -0.3 is 4.90 Å². The minimum atomic E-state index is 0.0919. The minimum absolute atomic E-state index is 0.0919. The molecule has 0 N–H and O–H groups in total. The highest BCUT2D eigenvalue weighted by Crippen LogP contribution is 2.46. The predicted octanol–water partition coefficient (Wildman–Crippen LogP) is 6.79. The predicted molar refractivity (Wildman–Crippen MR) is 128 cm³/mol. The summed E-state index contributed by atoms with van der Waals surface area (Å²) in [5.41, 5.74) is 6.65. The smallest absolute Gasteiger partial charge is 0.258 e. The van der Waals surface area contributed by atoms with Gasteiger partial charge in [-0.25, -0.2) is 0 Å². The summed E-state index contributed by atoms with van der Waals surface area (Å²) in [6, 6.07) is 7.88. The van der Waals surface area contributed by atoms with Gasteiger partial charge in [0, 0.05) is 23.4 Å². The van der Waals surface area contributed by atoms with Crippen molar-refractivity contribution in [3.63, 3.8) is 0 Å². The zero-order valence-corrected chi connectivity index (χ0v) is 20.2. The van der Waals surface area contributed by atoms with E-state index in [1.165, 1.54) is 12.8 Å². The third kappa shape index (κ3) is 4.24. The molecule has 1 aromatic carbocycles. The Bertz CT molecular complexity index is 796. The number of hydrogen-bond acceptors (Lipinski definition) is 1. The average Bonchev–Trinajstić information content (AvgIpc) is 2.89. The van der Waals surface area contributed by atoms with E-state index in [4.69, 9.17) is 0 Å². The summed E-state index contributed by atoms with van der Waals surface area (Å²) in [5.74, 6) is 1.76. The molecule has 158 valence electrons. The van der Waals surface area contributed by atoms with Gasteiger partial charge in [-0.15, -0.1) is 9.24 Å². The van der Waals surface area contributed by atoms with Crippen molar-refractivity contribution in [2.45, 2.75) is 66.5 Å². The molecule has 1 saturated carbocycles. The Balaban J connectivity index is 1.97. The first kappa shape index (κ1) is 22.3. The van der Waals surface area contributed by atoms with Crippen LogP contribution >= 0.6 is 9.24 Å². The number of hydrogen-bond donors (Lipinski definition) is 0. The van der Waals surface area contributed by atoms with Crippen molar-refractivity contribution >= 4 is 20.8 Å². The van der Waals surface area contributed by atoms with Gasteiger partial charge in [0.15, 0.2) is 0 Å². The number of fused-ring (bicyclic) bond motifs is 1. The van der Waals surface area contributed by atoms with Crippen LogP contribution in [0, 0.1) is 23.2 Å². The molecule has 2 aliphatic rings. The van der Waals surface area contributed by atoms with E-state index >= 15 is 0 Å². The van der Waals surface area contributed by atoms with Crippen molar-refractivity contribution in [3.8, 4) is 0 Å². The van der Waals surface area contributed by atoms with E-state index in [0.29, 0.717) is 23.4 Å². The number of allylic oxidation sites excluding steroid dienone is 1. The maximum absolute atomic E-state index is 13.1. The highest BCUT2D eigenvalue weighted by atomic mass is 31.0. The van der Waals surface area contributed by atoms with E-state index in [1.54, 1.807) is 11.1 Å². The van der Waals surface area contributed by atoms with Gasteiger partial charge in [-0.1, -0.05) is 77.5 Å². The Kier molecular flexibility index (Phi) is 6.44. The molecule has 29 heavy (non-hydrogen) atoms. The molecule has 0 radical (unpaired) electrons. The van der Waals surface area contributed by atoms with Crippen LogP contribution in [0.2, 0.25) is 0 Å². The number of nitrogens with zero attached hydrogens (tertiary/aromatic N) is 1. The topological polar surface area (TPSA) is 20.3 Å². The lowest BCUT2D eigenvalue weighted by atomic mass is 9.68. The second-order valence-corrected chi connectivity index (χ2v) is 11.0. The fourth-order valence-corrected chi connectivity index (χ4v) is 5.93. The summed E-state index contributed by atoms with van der Waals surface area (Å²) < 4.78 is 0. The van der Waals surface area contributed by atoms with Gasteiger partial charge in [-0.3, -0.25) is 4.79 Å². The van der Waals surface area contributed by atoms with Crippen molar-refractivity contribution in [2.75, 3.05) is 6.54 Å². The molecule has 1 heterocycles. The number of carbonyl (C=O) groups excluding carboxylic acids is 1. The first-order valence-corrected chi connectivity index (χ1v) is 11.8. The highest BCUT2D eigenvalue weighted by Gasteiger charge is 2.37. The zero-order valence-electron chi connectivity index (χ0n) is 19.1. The Morgan fingerprint density at radius 3 is 2.41 bits per heavy atom. The van der Waals surface area contributed by atoms with Gasteiger partial charge in [0.05, 0.1) is 0 Å². The van der Waals surface area contributed by atoms with Crippen molar-refractivity contribution in [2.24, 2.45) is 23.2 Å². The quantitative estimate of drug-likeness (QED) is 0.394. The van der Waals surface area contributed by atoms with E-state index in [0.717, 1.165) is 29.8 Å². The highest BCUT2D eigenvalue weighted by molar-refractivity contribution is 7.17. The van der Waals surface area contributed by atoms with Crippen LogP contribution in [0.25, 0.3) is 5.70 Å². The standard InChI is InChI=1S/C26H38NOP/c1-8-19(15-27-18(4)20-11-9-10-12-21(20)25(27)28)24(26(5,6)7)22-13-17(3)23(29)14-16(22)2/h9-12,16-17,19,23H,4,8,13-15,29H2,1-3,5-7H3. The Morgan fingerprint density at radius 1 is 1.24 bits per heavy atom. The first-order chi connectivity index (χ1) is 13.6. The lowest BCUT2D eigenvalue weighted by molar-refractivity contribution is 0.0834. The van der Waals surface area contributed by atoms with Crippen LogP contribution in [-0.4, -0.2) is 23.0 Å². The molecule has 5 unspecified atom stereocenters. The van der Waals surface area contributed by atoms with Crippen LogP contribution in [0.4, 0.5) is 0 Å². The fraction of sp³-hybridized carbons (Fsp3) is 0.577. The van der Waals surface area contributed by atoms with Gasteiger partial charge in [0.2, 0.25) is 0 Å². The van der Waals surface area contributed by atoms with Crippen molar-refractivity contribution in [1.82, 2.24) is 4.90 Å². The Labute approximate surface area is 180 Å². The largest absolute Gasteiger partial charge is 0.308 e. The maximum Gasteiger partial charge on any atom is 0.258 e. The summed E-state index contributed by atoms with van der Waals surface area (Å²) in [7, 11) is 3.06. The Morgan fingerprint density at radius 2 is 1.86 bits per heavy atom. The molecule has 3 rings (SSSR count). The van der Waals surface area contributed by atoms with E-state index < -0.39 is 0 Å². The number of rotatable bonds is 4. The molecular formula is C26H38NOP. The zero-order chi connectivity index (χ0) is 21.5. The van der Waals surface area contributed by atoms with Crippen LogP contribution < -0.4 is 0 Å². The molecule has 1 aliphatic carbocycles. The van der Waals surface area contributed by atoms with E-state index in [9.17, 15) is 4.79 Å². The van der Waals surface area contributed by atoms with Crippen LogP contribution in [0.5, 0.6) is 0 Å². The molecule has 0 aromatic heterocycles. The molecule has 1 fully saturated rings. The van der Waals surface area contributed by atoms with Crippen molar-refractivity contribution in [1.29, 1.82) is 0 Å². The van der Waals surface area contributed by atoms with Crippen LogP contribution in [-0.2, 0) is 0 Å². The first-order valence-electron chi connectivity index (χ1n) is 11.1. The molecular weight excluding hydrogens is 373 g/mol. The lowest BCUT2D eigenvalue weighted by Gasteiger charge is -2.41. The van der Waals surface area contributed by atoms with E-state index in [-0.39, 0.29) is 11.3 Å². The number of benzene rings is 1. The third-order valence-electron chi connectivity index (χ3n) is 6.99. The Hall–Kier alpha value is -1.40. The van der Waals surface area contributed by atoms with Crippen LogP contribution in [0.3, 0.4) is 0 Å². The molecule has 3 heteroatoms. The second-order valence-electron chi connectivity index (χ2n) is 10.2. The molecule has 1 aromatic rings. The van der Waals surface area contributed by atoms with Gasteiger partial charge in [0.25, 0.3) is 5.91 Å². The van der Waals surface area contributed by atoms with Crippen molar-refractivity contribution in [3.05, 3.63) is 53.1 Å². The normalized spacial score (nSPS) is 27.8. The molecule has 1 aliphatic heterocycles. The summed E-state index contributed by atoms with van der Waals surface area (Å²) >= 11 is 0. The molecule has 0 spiro atoms. The minimum Gasteiger partial charge on any atom is -0.308 e. The summed E-state index contributed by atoms with van der Waals surface area (Å²) in [6.07, 6.45) is 3.44. The molecule has 0 bridgehead atoms. The lowest BCUT2D eigenvalue weighted by Crippen LogP contribution is -2.35. The number of carbonyl (C=O) groups is 1. The van der Waals surface area contributed by atoms with Gasteiger partial charge >= 0.3 is 0 Å². The summed E-state index contributed by atoms with van der Waals surface area (Å²) in [4.78, 5) is 15.0. The average molecular weight is 412 g/mol. The molecule has 0 saturated heterocycles. The van der Waals surface area contributed by atoms with Gasteiger partial charge in [-0.05, 0) is 54.2 Å². The third-order valence-corrected chi connectivity index (χ3v) is 7.92. The maximum atomic E-state index is 13.1. The second kappa shape index (κ2) is 8.38. The van der Waals surface area contributed by atoms with E-state index in [2.05, 4.69) is 57.4 Å². The monoisotopic (exact) mass is 411 g/mol. The fourth-order valence-electron chi connectivity index (χ4n) is 5.39. The summed E-state index contributed by atoms with van der Waals surface area (Å²) in [6.45, 7) is 19.1. The number of amides is 1. The van der Waals surface area contributed by atoms with Gasteiger partial charge in [-0.2, -0.15) is 0 Å².